The summed E-state index contributed by atoms with van der Waals surface area (Å²) in [4.78, 5) is 4.22. The fraction of sp³-hybridized carbons (Fsp3) is 0.364. The zero-order valence-corrected chi connectivity index (χ0v) is 8.17. The van der Waals surface area contributed by atoms with E-state index in [1.165, 1.54) is 5.56 Å². The second-order valence-electron chi connectivity index (χ2n) is 3.36. The Kier molecular flexibility index (Phi) is 2.65. The molecule has 1 aromatic rings. The van der Waals surface area contributed by atoms with Crippen molar-refractivity contribution < 1.29 is 0 Å². The lowest BCUT2D eigenvalue weighted by molar-refractivity contribution is 0.638. The van der Waals surface area contributed by atoms with Crippen LogP contribution in [0.3, 0.4) is 0 Å². The van der Waals surface area contributed by atoms with Crippen molar-refractivity contribution in [3.63, 3.8) is 0 Å². The lowest BCUT2D eigenvalue weighted by Gasteiger charge is -2.17. The third-order valence-corrected chi connectivity index (χ3v) is 2.72. The SMILES string of the molecule is Clc1ccc(C2CC=NCC2)cc1. The first kappa shape index (κ1) is 8.76. The smallest absolute Gasteiger partial charge is 0.0406 e. The van der Waals surface area contributed by atoms with Gasteiger partial charge < -0.3 is 0 Å². The van der Waals surface area contributed by atoms with Crippen molar-refractivity contribution >= 4 is 17.8 Å². The maximum atomic E-state index is 5.82. The minimum Gasteiger partial charge on any atom is -0.297 e. The molecule has 1 atom stereocenters. The highest BCUT2D eigenvalue weighted by Crippen LogP contribution is 2.25. The average Bonchev–Trinajstić information content (AvgIpc) is 2.20. The van der Waals surface area contributed by atoms with Gasteiger partial charge in [0.15, 0.2) is 0 Å². The molecule has 1 unspecified atom stereocenters. The molecule has 0 aliphatic carbocycles. The van der Waals surface area contributed by atoms with Crippen LogP contribution < -0.4 is 0 Å². The van der Waals surface area contributed by atoms with E-state index in [-0.39, 0.29) is 0 Å². The van der Waals surface area contributed by atoms with Gasteiger partial charge in [0.25, 0.3) is 0 Å². The summed E-state index contributed by atoms with van der Waals surface area (Å²) < 4.78 is 0. The zero-order chi connectivity index (χ0) is 9.10. The lowest BCUT2D eigenvalue weighted by atomic mass is 9.92. The molecular formula is C11H12ClN. The first-order valence-corrected chi connectivity index (χ1v) is 4.98. The molecule has 1 heterocycles. The first-order chi connectivity index (χ1) is 6.36. The van der Waals surface area contributed by atoms with Crippen LogP contribution in [0.5, 0.6) is 0 Å². The third-order valence-electron chi connectivity index (χ3n) is 2.47. The van der Waals surface area contributed by atoms with Gasteiger partial charge in [0.1, 0.15) is 0 Å². The molecule has 0 aromatic heterocycles. The molecule has 1 aliphatic heterocycles. The molecule has 0 spiro atoms. The summed E-state index contributed by atoms with van der Waals surface area (Å²) in [7, 11) is 0. The van der Waals surface area contributed by atoms with Crippen molar-refractivity contribution in [2.24, 2.45) is 4.99 Å². The van der Waals surface area contributed by atoms with Crippen LogP contribution >= 0.6 is 11.6 Å². The highest BCUT2D eigenvalue weighted by Gasteiger charge is 2.12. The van der Waals surface area contributed by atoms with E-state index in [1.807, 2.05) is 18.3 Å². The molecule has 0 radical (unpaired) electrons. The Labute approximate surface area is 83.4 Å². The molecule has 1 aromatic carbocycles. The molecule has 68 valence electrons. The Hall–Kier alpha value is -0.820. The van der Waals surface area contributed by atoms with Gasteiger partial charge in [-0.25, -0.2) is 0 Å². The predicted molar refractivity (Wildman–Crippen MR) is 56.8 cm³/mol. The molecule has 13 heavy (non-hydrogen) atoms. The van der Waals surface area contributed by atoms with Crippen LogP contribution in [0.15, 0.2) is 29.3 Å². The number of rotatable bonds is 1. The number of benzene rings is 1. The van der Waals surface area contributed by atoms with Crippen LogP contribution in [-0.2, 0) is 0 Å². The molecule has 0 amide bonds. The van der Waals surface area contributed by atoms with Crippen LogP contribution in [0.1, 0.15) is 24.3 Å². The van der Waals surface area contributed by atoms with Crippen molar-refractivity contribution in [3.05, 3.63) is 34.9 Å². The monoisotopic (exact) mass is 193 g/mol. The predicted octanol–water partition coefficient (Wildman–Crippen LogP) is 3.29. The van der Waals surface area contributed by atoms with Crippen molar-refractivity contribution in [2.75, 3.05) is 6.54 Å². The first-order valence-electron chi connectivity index (χ1n) is 4.60. The molecule has 1 nitrogen and oxygen atoms in total. The van der Waals surface area contributed by atoms with Gasteiger partial charge in [-0.05, 0) is 42.7 Å². The Morgan fingerprint density at radius 2 is 2.00 bits per heavy atom. The Morgan fingerprint density at radius 3 is 2.62 bits per heavy atom. The van der Waals surface area contributed by atoms with Crippen molar-refractivity contribution in [1.29, 1.82) is 0 Å². The second kappa shape index (κ2) is 3.93. The van der Waals surface area contributed by atoms with E-state index >= 15 is 0 Å². The standard InChI is InChI=1S/C11H12ClN/c12-11-3-1-9(2-4-11)10-5-7-13-8-6-10/h1-4,7,10H,5-6,8H2. The minimum absolute atomic E-state index is 0.648. The summed E-state index contributed by atoms with van der Waals surface area (Å²) in [5, 5.41) is 0.813. The average molecular weight is 194 g/mol. The summed E-state index contributed by atoms with van der Waals surface area (Å²) in [5.74, 6) is 0.648. The van der Waals surface area contributed by atoms with E-state index in [9.17, 15) is 0 Å². The largest absolute Gasteiger partial charge is 0.297 e. The number of hydrogen-bond acceptors (Lipinski definition) is 1. The highest BCUT2D eigenvalue weighted by molar-refractivity contribution is 6.30. The molecule has 0 fully saturated rings. The maximum absolute atomic E-state index is 5.82. The molecule has 2 rings (SSSR count). The molecule has 0 N–H and O–H groups in total. The Balaban J connectivity index is 2.15. The quantitative estimate of drug-likeness (QED) is 0.649. The molecule has 1 aliphatic rings. The van der Waals surface area contributed by atoms with Gasteiger partial charge >= 0.3 is 0 Å². The van der Waals surface area contributed by atoms with Gasteiger partial charge in [-0.15, -0.1) is 0 Å². The number of halogens is 1. The summed E-state index contributed by atoms with van der Waals surface area (Å²) in [6.07, 6.45) is 4.27. The van der Waals surface area contributed by atoms with Crippen LogP contribution in [0.25, 0.3) is 0 Å². The Bertz CT molecular complexity index is 302. The number of hydrogen-bond donors (Lipinski definition) is 0. The van der Waals surface area contributed by atoms with Crippen molar-refractivity contribution in [2.45, 2.75) is 18.8 Å². The van der Waals surface area contributed by atoms with E-state index in [0.717, 1.165) is 24.4 Å². The molecule has 0 bridgehead atoms. The van der Waals surface area contributed by atoms with Crippen LogP contribution in [0.4, 0.5) is 0 Å². The lowest BCUT2D eigenvalue weighted by Crippen LogP contribution is -2.06. The van der Waals surface area contributed by atoms with Crippen molar-refractivity contribution in [3.8, 4) is 0 Å². The number of nitrogens with zero attached hydrogens (tertiary/aromatic N) is 1. The topological polar surface area (TPSA) is 12.4 Å². The Morgan fingerprint density at radius 1 is 1.23 bits per heavy atom. The van der Waals surface area contributed by atoms with E-state index < -0.39 is 0 Å². The fourth-order valence-corrected chi connectivity index (χ4v) is 1.80. The van der Waals surface area contributed by atoms with Crippen LogP contribution in [-0.4, -0.2) is 12.8 Å². The molecule has 0 saturated heterocycles. The van der Waals surface area contributed by atoms with Crippen molar-refractivity contribution in [1.82, 2.24) is 0 Å². The van der Waals surface area contributed by atoms with Crippen LogP contribution in [0, 0.1) is 0 Å². The summed E-state index contributed by atoms with van der Waals surface area (Å²) in [6, 6.07) is 8.16. The van der Waals surface area contributed by atoms with E-state index in [0.29, 0.717) is 5.92 Å². The van der Waals surface area contributed by atoms with Crippen LogP contribution in [0.2, 0.25) is 5.02 Å². The van der Waals surface area contributed by atoms with Gasteiger partial charge in [-0.3, -0.25) is 4.99 Å². The maximum Gasteiger partial charge on any atom is 0.0406 e. The second-order valence-corrected chi connectivity index (χ2v) is 3.80. The molecular weight excluding hydrogens is 182 g/mol. The highest BCUT2D eigenvalue weighted by atomic mass is 35.5. The van der Waals surface area contributed by atoms with Gasteiger partial charge in [-0.1, -0.05) is 23.7 Å². The normalized spacial score (nSPS) is 21.8. The summed E-state index contributed by atoms with van der Waals surface area (Å²) >= 11 is 5.82. The van der Waals surface area contributed by atoms with Gasteiger partial charge in [0.2, 0.25) is 0 Å². The number of aliphatic imine (C=N–C) groups is 1. The molecule has 0 saturated carbocycles. The summed E-state index contributed by atoms with van der Waals surface area (Å²) in [6.45, 7) is 0.966. The van der Waals surface area contributed by atoms with E-state index in [1.54, 1.807) is 0 Å². The fourth-order valence-electron chi connectivity index (χ4n) is 1.68. The zero-order valence-electron chi connectivity index (χ0n) is 7.41. The van der Waals surface area contributed by atoms with Gasteiger partial charge in [-0.2, -0.15) is 0 Å². The van der Waals surface area contributed by atoms with Gasteiger partial charge in [0, 0.05) is 11.6 Å². The van der Waals surface area contributed by atoms with Gasteiger partial charge in [0.05, 0.1) is 0 Å². The van der Waals surface area contributed by atoms with E-state index in [4.69, 9.17) is 11.6 Å². The summed E-state index contributed by atoms with van der Waals surface area (Å²) in [5.41, 5.74) is 1.38. The molecule has 2 heteroatoms. The van der Waals surface area contributed by atoms with E-state index in [2.05, 4.69) is 17.1 Å². The third kappa shape index (κ3) is 2.10. The minimum atomic E-state index is 0.648.